The van der Waals surface area contributed by atoms with E-state index in [0.29, 0.717) is 36.2 Å². The lowest BCUT2D eigenvalue weighted by atomic mass is 10.1. The van der Waals surface area contributed by atoms with Crippen LogP contribution in [0.25, 0.3) is 0 Å². The minimum Gasteiger partial charge on any atom is -0.352 e. The Hall–Kier alpha value is -1.88. The molecule has 0 fully saturated rings. The number of hydrogen-bond donors (Lipinski definition) is 3. The van der Waals surface area contributed by atoms with Crippen molar-refractivity contribution in [3.8, 4) is 0 Å². The zero-order valence-electron chi connectivity index (χ0n) is 16.7. The van der Waals surface area contributed by atoms with Crippen LogP contribution in [0.3, 0.4) is 0 Å². The number of nitrogens with one attached hydrogen (secondary N) is 3. The molecule has 0 aromatic heterocycles. The van der Waals surface area contributed by atoms with Gasteiger partial charge in [0.2, 0.25) is 0 Å². The fourth-order valence-corrected chi connectivity index (χ4v) is 2.53. The van der Waals surface area contributed by atoms with Crippen LogP contribution in [0.15, 0.2) is 24.3 Å². The molecular weight excluding hydrogens is 326 g/mol. The molecule has 0 heterocycles. The molecule has 0 aliphatic rings. The average Bonchev–Trinajstić information content (AvgIpc) is 2.61. The highest BCUT2D eigenvalue weighted by Crippen LogP contribution is 2.06. The third kappa shape index (κ3) is 9.56. The van der Waals surface area contributed by atoms with Gasteiger partial charge in [0.25, 0.3) is 11.8 Å². The van der Waals surface area contributed by atoms with Crippen molar-refractivity contribution < 1.29 is 9.59 Å². The van der Waals surface area contributed by atoms with Crippen LogP contribution in [0.1, 0.15) is 74.1 Å². The molecule has 1 aromatic rings. The van der Waals surface area contributed by atoms with Gasteiger partial charge in [-0.2, -0.15) is 0 Å². The summed E-state index contributed by atoms with van der Waals surface area (Å²) in [6.07, 6.45) is 4.07. The molecule has 5 nitrogen and oxygen atoms in total. The van der Waals surface area contributed by atoms with Gasteiger partial charge in [0.05, 0.1) is 0 Å². The molecule has 0 radical (unpaired) electrons. The van der Waals surface area contributed by atoms with Crippen molar-refractivity contribution in [2.75, 3.05) is 19.6 Å². The Kier molecular flexibility index (Phi) is 10.6. The molecule has 3 N–H and O–H groups in total. The van der Waals surface area contributed by atoms with Gasteiger partial charge in [0.1, 0.15) is 0 Å². The van der Waals surface area contributed by atoms with Crippen LogP contribution in [-0.4, -0.2) is 37.5 Å². The minimum absolute atomic E-state index is 0.0848. The van der Waals surface area contributed by atoms with Crippen LogP contribution in [0.5, 0.6) is 0 Å². The minimum atomic E-state index is -0.0919. The van der Waals surface area contributed by atoms with Crippen molar-refractivity contribution in [2.24, 2.45) is 5.92 Å². The summed E-state index contributed by atoms with van der Waals surface area (Å²) in [5.41, 5.74) is 1.17. The van der Waals surface area contributed by atoms with Crippen molar-refractivity contribution in [1.82, 2.24) is 16.0 Å². The van der Waals surface area contributed by atoms with Crippen molar-refractivity contribution in [3.63, 3.8) is 0 Å². The zero-order valence-corrected chi connectivity index (χ0v) is 16.7. The lowest BCUT2D eigenvalue weighted by molar-refractivity contribution is 0.0941. The largest absolute Gasteiger partial charge is 0.352 e. The quantitative estimate of drug-likeness (QED) is 0.500. The van der Waals surface area contributed by atoms with E-state index in [-0.39, 0.29) is 11.8 Å². The van der Waals surface area contributed by atoms with Gasteiger partial charge >= 0.3 is 0 Å². The molecule has 1 aromatic carbocycles. The van der Waals surface area contributed by atoms with Crippen LogP contribution in [0, 0.1) is 5.92 Å². The van der Waals surface area contributed by atoms with E-state index in [0.717, 1.165) is 32.2 Å². The molecule has 146 valence electrons. The molecule has 0 bridgehead atoms. The van der Waals surface area contributed by atoms with Crippen molar-refractivity contribution >= 4 is 11.8 Å². The van der Waals surface area contributed by atoms with E-state index < -0.39 is 0 Å². The lowest BCUT2D eigenvalue weighted by Crippen LogP contribution is -2.27. The summed E-state index contributed by atoms with van der Waals surface area (Å²) in [6.45, 7) is 10.9. The first-order valence-corrected chi connectivity index (χ1v) is 9.80. The Morgan fingerprint density at radius 1 is 0.769 bits per heavy atom. The van der Waals surface area contributed by atoms with E-state index in [1.165, 1.54) is 0 Å². The van der Waals surface area contributed by atoms with Crippen LogP contribution in [-0.2, 0) is 0 Å². The van der Waals surface area contributed by atoms with E-state index in [2.05, 4.69) is 43.6 Å². The number of carbonyl (C=O) groups is 2. The van der Waals surface area contributed by atoms with Gasteiger partial charge in [0, 0.05) is 30.3 Å². The average molecular weight is 362 g/mol. The van der Waals surface area contributed by atoms with Crippen LogP contribution in [0.4, 0.5) is 0 Å². The Bertz CT molecular complexity index is 539. The Balaban J connectivity index is 2.30. The Labute approximate surface area is 158 Å². The number of unbranched alkanes of at least 4 members (excludes halogenated alkanes) is 1. The van der Waals surface area contributed by atoms with Gasteiger partial charge in [-0.15, -0.1) is 0 Å². The molecule has 5 heteroatoms. The van der Waals surface area contributed by atoms with Crippen LogP contribution in [0.2, 0.25) is 0 Å². The topological polar surface area (TPSA) is 70.2 Å². The van der Waals surface area contributed by atoms with Gasteiger partial charge in [-0.1, -0.05) is 27.7 Å². The summed E-state index contributed by atoms with van der Waals surface area (Å²) in [7, 11) is 0. The highest BCUT2D eigenvalue weighted by Gasteiger charge is 2.08. The number of amides is 2. The lowest BCUT2D eigenvalue weighted by Gasteiger charge is -2.09. The summed E-state index contributed by atoms with van der Waals surface area (Å²) >= 11 is 0. The molecule has 0 saturated heterocycles. The smallest absolute Gasteiger partial charge is 0.251 e. The summed E-state index contributed by atoms with van der Waals surface area (Å²) < 4.78 is 0. The number of benzene rings is 1. The predicted molar refractivity (Wildman–Crippen MR) is 108 cm³/mol. The van der Waals surface area contributed by atoms with Crippen LogP contribution >= 0.6 is 0 Å². The maximum atomic E-state index is 12.1. The second kappa shape index (κ2) is 12.5. The van der Waals surface area contributed by atoms with E-state index in [9.17, 15) is 9.59 Å². The third-order valence-electron chi connectivity index (χ3n) is 4.09. The maximum absolute atomic E-state index is 12.1. The van der Waals surface area contributed by atoms with Gasteiger partial charge in [-0.05, 0) is 62.4 Å². The monoisotopic (exact) mass is 361 g/mol. The third-order valence-corrected chi connectivity index (χ3v) is 4.09. The van der Waals surface area contributed by atoms with Gasteiger partial charge < -0.3 is 16.0 Å². The first-order chi connectivity index (χ1) is 12.4. The molecule has 2 amide bonds. The van der Waals surface area contributed by atoms with Crippen molar-refractivity contribution in [3.05, 3.63) is 35.4 Å². The molecule has 0 aliphatic heterocycles. The molecule has 0 atom stereocenters. The summed E-state index contributed by atoms with van der Waals surface area (Å²) in [6, 6.07) is 7.33. The molecular formula is C21H35N3O2. The molecule has 0 spiro atoms. The van der Waals surface area contributed by atoms with Crippen LogP contribution < -0.4 is 16.0 Å². The van der Waals surface area contributed by atoms with Gasteiger partial charge in [0.15, 0.2) is 0 Å². The fraction of sp³-hybridized carbons (Fsp3) is 0.619. The molecule has 26 heavy (non-hydrogen) atoms. The first-order valence-electron chi connectivity index (χ1n) is 9.80. The second-order valence-corrected chi connectivity index (χ2v) is 7.44. The zero-order chi connectivity index (χ0) is 19.4. The SMILES string of the molecule is CC(C)CCCNC(=O)c1ccc(C(=O)NCCCCNC(C)C)cc1. The molecule has 0 unspecified atom stereocenters. The van der Waals surface area contributed by atoms with E-state index in [1.54, 1.807) is 24.3 Å². The standard InChI is InChI=1S/C21H35N3O2/c1-16(2)8-7-15-24-21(26)19-11-9-18(10-12-19)20(25)23-14-6-5-13-22-17(3)4/h9-12,16-17,22H,5-8,13-15H2,1-4H3,(H,23,25)(H,24,26). The summed E-state index contributed by atoms with van der Waals surface area (Å²) in [5.74, 6) is 0.472. The van der Waals surface area contributed by atoms with Crippen molar-refractivity contribution in [2.45, 2.75) is 59.4 Å². The van der Waals surface area contributed by atoms with Gasteiger partial charge in [-0.3, -0.25) is 9.59 Å². The molecule has 0 saturated carbocycles. The molecule has 0 aliphatic carbocycles. The number of rotatable bonds is 12. The highest BCUT2D eigenvalue weighted by molar-refractivity contribution is 5.97. The number of carbonyl (C=O) groups excluding carboxylic acids is 2. The number of hydrogen-bond acceptors (Lipinski definition) is 3. The maximum Gasteiger partial charge on any atom is 0.251 e. The normalized spacial score (nSPS) is 11.0. The second-order valence-electron chi connectivity index (χ2n) is 7.44. The molecule has 1 rings (SSSR count). The highest BCUT2D eigenvalue weighted by atomic mass is 16.2. The first kappa shape index (κ1) is 22.2. The van der Waals surface area contributed by atoms with E-state index in [1.807, 2.05) is 0 Å². The Morgan fingerprint density at radius 2 is 1.23 bits per heavy atom. The van der Waals surface area contributed by atoms with E-state index >= 15 is 0 Å². The summed E-state index contributed by atoms with van der Waals surface area (Å²) in [5, 5.41) is 9.20. The van der Waals surface area contributed by atoms with Crippen molar-refractivity contribution in [1.29, 1.82) is 0 Å². The fourth-order valence-electron chi connectivity index (χ4n) is 2.53. The predicted octanol–water partition coefficient (Wildman–Crippen LogP) is 3.36. The van der Waals surface area contributed by atoms with Gasteiger partial charge in [-0.25, -0.2) is 0 Å². The Morgan fingerprint density at radius 3 is 1.69 bits per heavy atom. The van der Waals surface area contributed by atoms with E-state index in [4.69, 9.17) is 0 Å². The summed E-state index contributed by atoms with van der Waals surface area (Å²) in [4.78, 5) is 24.2.